The minimum atomic E-state index is -2.95. The summed E-state index contributed by atoms with van der Waals surface area (Å²) in [5, 5.41) is 4.85. The molecule has 2 aromatic rings. The fourth-order valence-corrected chi connectivity index (χ4v) is 5.93. The van der Waals surface area contributed by atoms with Crippen LogP contribution in [0.3, 0.4) is 0 Å². The highest BCUT2D eigenvalue weighted by Crippen LogP contribution is 2.35. The minimum Gasteiger partial charge on any atom is -0.362 e. The van der Waals surface area contributed by atoms with Gasteiger partial charge < -0.3 is 9.42 Å². The summed E-state index contributed by atoms with van der Waals surface area (Å²) in [6.07, 6.45) is 9.98. The number of carbonyl (C=O) groups is 1. The predicted molar refractivity (Wildman–Crippen MR) is 125 cm³/mol. The van der Waals surface area contributed by atoms with Gasteiger partial charge in [-0.25, -0.2) is 13.8 Å². The summed E-state index contributed by atoms with van der Waals surface area (Å²) in [5.41, 5.74) is -0.131. The van der Waals surface area contributed by atoms with Crippen molar-refractivity contribution in [3.63, 3.8) is 0 Å². The summed E-state index contributed by atoms with van der Waals surface area (Å²) in [4.78, 5) is 22.1. The summed E-state index contributed by atoms with van der Waals surface area (Å²) in [7, 11) is 0. The van der Waals surface area contributed by atoms with Crippen LogP contribution in [0.1, 0.15) is 60.9 Å². The Labute approximate surface area is 198 Å². The molecule has 2 aliphatic rings. The molecule has 1 saturated heterocycles. The van der Waals surface area contributed by atoms with Gasteiger partial charge in [-0.2, -0.15) is 0 Å². The first-order chi connectivity index (χ1) is 15.8. The SMILES string of the molecule is Cc1ncc(CC(=O)CC2CCC(CCN3CCN(c4nocc4C(C)(F)F)CC3)CC2)s1. The van der Waals surface area contributed by atoms with Crippen molar-refractivity contribution in [2.45, 2.75) is 64.7 Å². The van der Waals surface area contributed by atoms with Crippen molar-refractivity contribution in [1.82, 2.24) is 15.0 Å². The smallest absolute Gasteiger partial charge is 0.277 e. The van der Waals surface area contributed by atoms with Crippen LogP contribution in [0.4, 0.5) is 14.6 Å². The quantitative estimate of drug-likeness (QED) is 0.499. The highest BCUT2D eigenvalue weighted by atomic mass is 32.1. The number of rotatable bonds is 9. The monoisotopic (exact) mass is 480 g/mol. The van der Waals surface area contributed by atoms with E-state index in [2.05, 4.69) is 15.0 Å². The van der Waals surface area contributed by atoms with Crippen molar-refractivity contribution >= 4 is 22.9 Å². The van der Waals surface area contributed by atoms with E-state index in [0.29, 0.717) is 37.6 Å². The first kappa shape index (κ1) is 24.3. The number of piperazine rings is 1. The third kappa shape index (κ3) is 6.59. The molecule has 0 amide bonds. The van der Waals surface area contributed by atoms with E-state index < -0.39 is 5.92 Å². The van der Waals surface area contributed by atoms with Crippen LogP contribution < -0.4 is 4.90 Å². The first-order valence-corrected chi connectivity index (χ1v) is 12.8. The maximum absolute atomic E-state index is 13.7. The van der Waals surface area contributed by atoms with Crippen molar-refractivity contribution < 1.29 is 18.1 Å². The van der Waals surface area contributed by atoms with Gasteiger partial charge in [-0.3, -0.25) is 9.69 Å². The van der Waals surface area contributed by atoms with Gasteiger partial charge in [-0.15, -0.1) is 11.3 Å². The zero-order valence-corrected chi connectivity index (χ0v) is 20.4. The Hall–Kier alpha value is -1.87. The number of alkyl halides is 2. The molecule has 0 spiro atoms. The molecule has 3 heterocycles. The molecule has 0 aromatic carbocycles. The van der Waals surface area contributed by atoms with Gasteiger partial charge in [0.05, 0.1) is 5.01 Å². The van der Waals surface area contributed by atoms with Crippen molar-refractivity contribution in [3.05, 3.63) is 27.9 Å². The molecule has 1 saturated carbocycles. The Morgan fingerprint density at radius 1 is 1.18 bits per heavy atom. The molecule has 4 rings (SSSR count). The molecule has 0 unspecified atom stereocenters. The fraction of sp³-hybridized carbons (Fsp3) is 0.708. The number of hydrogen-bond acceptors (Lipinski definition) is 7. The average molecular weight is 481 g/mol. The second-order valence-corrected chi connectivity index (χ2v) is 11.0. The Morgan fingerprint density at radius 2 is 1.88 bits per heavy atom. The number of anilines is 1. The molecular weight excluding hydrogens is 446 g/mol. The zero-order chi connectivity index (χ0) is 23.4. The summed E-state index contributed by atoms with van der Waals surface area (Å²) in [6.45, 7) is 6.97. The van der Waals surface area contributed by atoms with Gasteiger partial charge in [0.25, 0.3) is 5.92 Å². The Balaban J connectivity index is 1.13. The number of Topliss-reactive ketones (excluding diaryl/α,β-unsaturated/α-hetero) is 1. The minimum absolute atomic E-state index is 0.131. The number of thiazole rings is 1. The van der Waals surface area contributed by atoms with Crippen molar-refractivity contribution in [2.75, 3.05) is 37.6 Å². The third-order valence-electron chi connectivity index (χ3n) is 7.07. The van der Waals surface area contributed by atoms with Crippen LogP contribution in [0.2, 0.25) is 0 Å². The van der Waals surface area contributed by atoms with E-state index in [-0.39, 0.29) is 11.4 Å². The van der Waals surface area contributed by atoms with Crippen LogP contribution in [-0.4, -0.2) is 53.5 Å². The molecule has 6 nitrogen and oxygen atoms in total. The summed E-state index contributed by atoms with van der Waals surface area (Å²) in [6, 6.07) is 0. The number of aromatic nitrogens is 2. The molecule has 0 bridgehead atoms. The number of ketones is 1. The summed E-state index contributed by atoms with van der Waals surface area (Å²) < 4.78 is 32.3. The third-order valence-corrected chi connectivity index (χ3v) is 7.98. The molecule has 1 aliphatic heterocycles. The Kier molecular flexibility index (Phi) is 7.79. The number of nitrogens with zero attached hydrogens (tertiary/aromatic N) is 4. The van der Waals surface area contributed by atoms with Crippen LogP contribution in [0.25, 0.3) is 0 Å². The Bertz CT molecular complexity index is 910. The van der Waals surface area contributed by atoms with E-state index >= 15 is 0 Å². The molecule has 0 radical (unpaired) electrons. The molecule has 2 fully saturated rings. The molecule has 2 aromatic heterocycles. The van der Waals surface area contributed by atoms with Crippen molar-refractivity contribution in [3.8, 4) is 0 Å². The number of hydrogen-bond donors (Lipinski definition) is 0. The van der Waals surface area contributed by atoms with Crippen molar-refractivity contribution in [1.29, 1.82) is 0 Å². The zero-order valence-electron chi connectivity index (χ0n) is 19.6. The van der Waals surface area contributed by atoms with Gasteiger partial charge in [0, 0.05) is 57.0 Å². The largest absolute Gasteiger partial charge is 0.362 e. The highest BCUT2D eigenvalue weighted by Gasteiger charge is 2.34. The summed E-state index contributed by atoms with van der Waals surface area (Å²) >= 11 is 1.62. The second kappa shape index (κ2) is 10.6. The highest BCUT2D eigenvalue weighted by molar-refractivity contribution is 7.11. The van der Waals surface area contributed by atoms with E-state index in [9.17, 15) is 13.6 Å². The van der Waals surface area contributed by atoms with Crippen LogP contribution in [0, 0.1) is 18.8 Å². The maximum atomic E-state index is 13.7. The molecule has 1 aliphatic carbocycles. The lowest BCUT2D eigenvalue weighted by atomic mass is 9.78. The number of aryl methyl sites for hydroxylation is 1. The van der Waals surface area contributed by atoms with Crippen LogP contribution in [0.15, 0.2) is 17.0 Å². The number of halogens is 2. The lowest BCUT2D eigenvalue weighted by molar-refractivity contribution is -0.119. The van der Waals surface area contributed by atoms with Crippen molar-refractivity contribution in [2.24, 2.45) is 11.8 Å². The van der Waals surface area contributed by atoms with Gasteiger partial charge >= 0.3 is 0 Å². The van der Waals surface area contributed by atoms with Gasteiger partial charge in [-0.05, 0) is 44.6 Å². The van der Waals surface area contributed by atoms with Crippen LogP contribution in [-0.2, 0) is 17.1 Å². The fourth-order valence-electron chi connectivity index (χ4n) is 5.11. The van der Waals surface area contributed by atoms with Gasteiger partial charge in [0.15, 0.2) is 5.82 Å². The lowest BCUT2D eigenvalue weighted by Gasteiger charge is -2.36. The topological polar surface area (TPSA) is 62.5 Å². The molecule has 0 atom stereocenters. The second-order valence-electron chi connectivity index (χ2n) is 9.71. The van der Waals surface area contributed by atoms with E-state index in [1.165, 1.54) is 19.3 Å². The summed E-state index contributed by atoms with van der Waals surface area (Å²) in [5.74, 6) is -1.08. The molecule has 9 heteroatoms. The lowest BCUT2D eigenvalue weighted by Crippen LogP contribution is -2.47. The van der Waals surface area contributed by atoms with Crippen LogP contribution in [0.5, 0.6) is 0 Å². The molecule has 0 N–H and O–H groups in total. The predicted octanol–water partition coefficient (Wildman–Crippen LogP) is 5.07. The van der Waals surface area contributed by atoms with E-state index in [0.717, 1.165) is 61.5 Å². The Morgan fingerprint density at radius 3 is 2.52 bits per heavy atom. The average Bonchev–Trinajstić information content (AvgIpc) is 3.43. The van der Waals surface area contributed by atoms with E-state index in [1.54, 1.807) is 11.3 Å². The molecular formula is C24H34F2N4O2S. The maximum Gasteiger partial charge on any atom is 0.277 e. The molecule has 182 valence electrons. The first-order valence-electron chi connectivity index (χ1n) is 12.0. The van der Waals surface area contributed by atoms with Gasteiger partial charge in [-0.1, -0.05) is 18.0 Å². The van der Waals surface area contributed by atoms with Gasteiger partial charge in [0.2, 0.25) is 0 Å². The van der Waals surface area contributed by atoms with Crippen LogP contribution >= 0.6 is 11.3 Å². The van der Waals surface area contributed by atoms with Gasteiger partial charge in [0.1, 0.15) is 17.6 Å². The molecule has 33 heavy (non-hydrogen) atoms. The standard InChI is InChI=1S/C24H34F2N4O2S/c1-17-27-15-21(33-17)14-20(31)13-19-5-3-18(4-6-19)7-8-29-9-11-30(12-10-29)23-22(16-32-28-23)24(2,25)26/h15-16,18-19H,3-14H2,1-2H3. The van der Waals surface area contributed by atoms with E-state index in [4.69, 9.17) is 4.52 Å². The normalized spacial score (nSPS) is 22.6. The van der Waals surface area contributed by atoms with E-state index in [1.807, 2.05) is 18.0 Å². The number of carbonyl (C=O) groups excluding carboxylic acids is 1.